The summed E-state index contributed by atoms with van der Waals surface area (Å²) >= 11 is 0. The van der Waals surface area contributed by atoms with E-state index in [9.17, 15) is 0 Å². The molecule has 0 rings (SSSR count). The van der Waals surface area contributed by atoms with Crippen molar-refractivity contribution in [2.24, 2.45) is 11.8 Å². The van der Waals surface area contributed by atoms with Crippen LogP contribution >= 0.6 is 0 Å². The third kappa shape index (κ3) is 9.92. The Morgan fingerprint density at radius 1 is 0.818 bits per heavy atom. The predicted octanol–water partition coefficient (Wildman–Crippen LogP) is 1.44. The standard InChI is InChI=1S/C9H22N2/c1-8(2)5-10-7-11-6-9(3)4/h8-11H,5-7H2,1-4H3. The van der Waals surface area contributed by atoms with E-state index >= 15 is 0 Å². The van der Waals surface area contributed by atoms with Gasteiger partial charge in [-0.3, -0.25) is 0 Å². The zero-order valence-electron chi connectivity index (χ0n) is 8.28. The molecule has 0 amide bonds. The Balaban J connectivity index is 2.91. The molecular weight excluding hydrogens is 136 g/mol. The van der Waals surface area contributed by atoms with Crippen LogP contribution in [-0.4, -0.2) is 19.8 Å². The highest BCUT2D eigenvalue weighted by Crippen LogP contribution is 1.87. The summed E-state index contributed by atoms with van der Waals surface area (Å²) in [7, 11) is 0. The molecule has 2 N–H and O–H groups in total. The van der Waals surface area contributed by atoms with Crippen molar-refractivity contribution >= 4 is 0 Å². The molecule has 0 heterocycles. The molecule has 2 nitrogen and oxygen atoms in total. The van der Waals surface area contributed by atoms with Crippen molar-refractivity contribution in [1.29, 1.82) is 0 Å². The maximum absolute atomic E-state index is 3.33. The van der Waals surface area contributed by atoms with Gasteiger partial charge in [0.15, 0.2) is 0 Å². The molecule has 0 aromatic carbocycles. The van der Waals surface area contributed by atoms with Gasteiger partial charge < -0.3 is 10.6 Å². The zero-order valence-corrected chi connectivity index (χ0v) is 8.28. The minimum atomic E-state index is 0.746. The summed E-state index contributed by atoms with van der Waals surface area (Å²) < 4.78 is 0. The Morgan fingerprint density at radius 3 is 1.45 bits per heavy atom. The number of hydrogen-bond acceptors (Lipinski definition) is 2. The van der Waals surface area contributed by atoms with Crippen LogP contribution in [0, 0.1) is 11.8 Å². The maximum Gasteiger partial charge on any atom is 0.0454 e. The first-order valence-corrected chi connectivity index (χ1v) is 4.54. The van der Waals surface area contributed by atoms with Gasteiger partial charge in [0.2, 0.25) is 0 Å². The highest BCUT2D eigenvalue weighted by molar-refractivity contribution is 4.52. The van der Waals surface area contributed by atoms with Gasteiger partial charge in [0.25, 0.3) is 0 Å². The van der Waals surface area contributed by atoms with E-state index in [4.69, 9.17) is 0 Å². The molecule has 0 aromatic rings. The molecule has 0 bridgehead atoms. The average Bonchev–Trinajstić information content (AvgIpc) is 1.85. The minimum Gasteiger partial charge on any atom is -0.304 e. The van der Waals surface area contributed by atoms with Crippen LogP contribution in [0.1, 0.15) is 27.7 Å². The van der Waals surface area contributed by atoms with Crippen molar-refractivity contribution in [2.75, 3.05) is 19.8 Å². The third-order valence-corrected chi connectivity index (χ3v) is 1.36. The smallest absolute Gasteiger partial charge is 0.0454 e. The molecule has 0 aliphatic carbocycles. The van der Waals surface area contributed by atoms with E-state index in [0.717, 1.165) is 31.6 Å². The molecule has 0 fully saturated rings. The second-order valence-corrected chi connectivity index (χ2v) is 3.87. The molecule has 11 heavy (non-hydrogen) atoms. The quantitative estimate of drug-likeness (QED) is 0.451. The van der Waals surface area contributed by atoms with Crippen molar-refractivity contribution in [1.82, 2.24) is 10.6 Å². The Kier molecular flexibility index (Phi) is 6.57. The molecule has 0 atom stereocenters. The van der Waals surface area contributed by atoms with Gasteiger partial charge >= 0.3 is 0 Å². The fourth-order valence-electron chi connectivity index (χ4n) is 0.810. The number of rotatable bonds is 6. The summed E-state index contributed by atoms with van der Waals surface area (Å²) in [6.07, 6.45) is 0. The third-order valence-electron chi connectivity index (χ3n) is 1.36. The monoisotopic (exact) mass is 158 g/mol. The summed E-state index contributed by atoms with van der Waals surface area (Å²) in [6, 6.07) is 0. The fourth-order valence-corrected chi connectivity index (χ4v) is 0.810. The Morgan fingerprint density at radius 2 is 1.18 bits per heavy atom. The van der Waals surface area contributed by atoms with Crippen molar-refractivity contribution in [3.05, 3.63) is 0 Å². The van der Waals surface area contributed by atoms with Gasteiger partial charge in [-0.2, -0.15) is 0 Å². The summed E-state index contributed by atoms with van der Waals surface area (Å²) in [4.78, 5) is 0. The Hall–Kier alpha value is -0.0800. The lowest BCUT2D eigenvalue weighted by atomic mass is 10.2. The molecule has 0 aliphatic heterocycles. The molecule has 2 heteroatoms. The van der Waals surface area contributed by atoms with Gasteiger partial charge in [-0.25, -0.2) is 0 Å². The largest absolute Gasteiger partial charge is 0.304 e. The van der Waals surface area contributed by atoms with Crippen molar-refractivity contribution < 1.29 is 0 Å². The lowest BCUT2D eigenvalue weighted by Crippen LogP contribution is -2.33. The van der Waals surface area contributed by atoms with Crippen molar-refractivity contribution in [2.45, 2.75) is 27.7 Å². The molecule has 0 unspecified atom stereocenters. The van der Waals surface area contributed by atoms with Crippen LogP contribution in [0.2, 0.25) is 0 Å². The SMILES string of the molecule is CC(C)CNCNCC(C)C. The summed E-state index contributed by atoms with van der Waals surface area (Å²) in [5, 5.41) is 6.66. The van der Waals surface area contributed by atoms with Crippen LogP contribution in [0.15, 0.2) is 0 Å². The van der Waals surface area contributed by atoms with E-state index in [0.29, 0.717) is 0 Å². The van der Waals surface area contributed by atoms with Gasteiger partial charge in [-0.1, -0.05) is 27.7 Å². The first-order chi connectivity index (χ1) is 5.13. The van der Waals surface area contributed by atoms with Gasteiger partial charge in [0, 0.05) is 6.67 Å². The molecule has 0 spiro atoms. The van der Waals surface area contributed by atoms with E-state index in [-0.39, 0.29) is 0 Å². The lowest BCUT2D eigenvalue weighted by molar-refractivity contribution is 0.482. The summed E-state index contributed by atoms with van der Waals surface area (Å²) in [6.45, 7) is 12.0. The topological polar surface area (TPSA) is 24.1 Å². The van der Waals surface area contributed by atoms with Crippen LogP contribution < -0.4 is 10.6 Å². The normalized spacial score (nSPS) is 11.5. The van der Waals surface area contributed by atoms with Crippen molar-refractivity contribution in [3.63, 3.8) is 0 Å². The van der Waals surface area contributed by atoms with Gasteiger partial charge in [-0.15, -0.1) is 0 Å². The van der Waals surface area contributed by atoms with E-state index in [1.165, 1.54) is 0 Å². The van der Waals surface area contributed by atoms with Crippen LogP contribution in [0.3, 0.4) is 0 Å². The molecule has 0 aliphatic rings. The van der Waals surface area contributed by atoms with Crippen LogP contribution in [0.4, 0.5) is 0 Å². The van der Waals surface area contributed by atoms with Crippen molar-refractivity contribution in [3.8, 4) is 0 Å². The number of nitrogens with one attached hydrogen (secondary N) is 2. The van der Waals surface area contributed by atoms with Gasteiger partial charge in [0.05, 0.1) is 0 Å². The average molecular weight is 158 g/mol. The fraction of sp³-hybridized carbons (Fsp3) is 1.00. The second-order valence-electron chi connectivity index (χ2n) is 3.87. The highest BCUT2D eigenvalue weighted by atomic mass is 15.1. The molecule has 0 saturated carbocycles. The van der Waals surface area contributed by atoms with Crippen LogP contribution in [0.5, 0.6) is 0 Å². The van der Waals surface area contributed by atoms with E-state index in [1.54, 1.807) is 0 Å². The van der Waals surface area contributed by atoms with Crippen LogP contribution in [0.25, 0.3) is 0 Å². The lowest BCUT2D eigenvalue weighted by Gasteiger charge is -2.09. The Labute approximate surface area is 70.8 Å². The van der Waals surface area contributed by atoms with Crippen LogP contribution in [-0.2, 0) is 0 Å². The predicted molar refractivity (Wildman–Crippen MR) is 50.5 cm³/mol. The molecule has 0 saturated heterocycles. The molecular formula is C9H22N2. The first kappa shape index (κ1) is 10.9. The van der Waals surface area contributed by atoms with Gasteiger partial charge in [-0.05, 0) is 24.9 Å². The van der Waals surface area contributed by atoms with E-state index < -0.39 is 0 Å². The van der Waals surface area contributed by atoms with Gasteiger partial charge in [0.1, 0.15) is 0 Å². The number of hydrogen-bond donors (Lipinski definition) is 2. The zero-order chi connectivity index (χ0) is 8.69. The van der Waals surface area contributed by atoms with E-state index in [2.05, 4.69) is 38.3 Å². The first-order valence-electron chi connectivity index (χ1n) is 4.54. The maximum atomic E-state index is 3.33. The summed E-state index contributed by atoms with van der Waals surface area (Å²) in [5.74, 6) is 1.49. The molecule has 68 valence electrons. The minimum absolute atomic E-state index is 0.746. The molecule has 0 radical (unpaired) electrons. The second kappa shape index (κ2) is 6.62. The molecule has 0 aromatic heterocycles. The summed E-state index contributed by atoms with van der Waals surface area (Å²) in [5.41, 5.74) is 0. The Bertz CT molecular complexity index is 69.6. The highest BCUT2D eigenvalue weighted by Gasteiger charge is 1.93. The van der Waals surface area contributed by atoms with E-state index in [1.807, 2.05) is 0 Å².